The Morgan fingerprint density at radius 2 is 2.00 bits per heavy atom. The maximum Gasteiger partial charge on any atom is 0.160 e. The predicted octanol–water partition coefficient (Wildman–Crippen LogP) is 4.01. The molecule has 0 saturated heterocycles. The number of allylic oxidation sites excluding steroid dienone is 1. The monoisotopic (exact) mass is 302 g/mol. The molecule has 0 aliphatic rings. The number of phenolic OH excluding ortho intramolecular Hbond substituents is 1. The average Bonchev–Trinajstić information content (AvgIpc) is 2.59. The van der Waals surface area contributed by atoms with Gasteiger partial charge in [0.25, 0.3) is 0 Å². The first-order valence-corrected chi connectivity index (χ1v) is 7.06. The fourth-order valence-corrected chi connectivity index (χ4v) is 2.34. The smallest absolute Gasteiger partial charge is 0.160 e. The molecule has 1 aromatic heterocycles. The van der Waals surface area contributed by atoms with E-state index in [1.54, 1.807) is 24.3 Å². The molecule has 0 fully saturated rings. The van der Waals surface area contributed by atoms with Crippen LogP contribution in [0.2, 0.25) is 0 Å². The van der Waals surface area contributed by atoms with E-state index in [0.717, 1.165) is 10.9 Å². The van der Waals surface area contributed by atoms with Gasteiger partial charge in [0.05, 0.1) is 23.9 Å². The molecule has 0 amide bonds. The molecule has 0 aliphatic carbocycles. The first kappa shape index (κ1) is 14.6. The highest BCUT2D eigenvalue weighted by Crippen LogP contribution is 2.28. The summed E-state index contributed by atoms with van der Waals surface area (Å²) in [6, 6.07) is 18.7. The molecule has 0 bridgehead atoms. The minimum absolute atomic E-state index is 0.0324. The summed E-state index contributed by atoms with van der Waals surface area (Å²) in [5, 5.41) is 20.3. The molecule has 3 rings (SSSR count). The van der Waals surface area contributed by atoms with E-state index in [1.165, 1.54) is 7.11 Å². The van der Waals surface area contributed by atoms with Crippen molar-refractivity contribution in [2.75, 3.05) is 7.11 Å². The molecule has 3 aromatic rings. The normalized spacial score (nSPS) is 11.2. The summed E-state index contributed by atoms with van der Waals surface area (Å²) in [5.41, 5.74) is 2.57. The van der Waals surface area contributed by atoms with E-state index in [2.05, 4.69) is 11.1 Å². The van der Waals surface area contributed by atoms with Gasteiger partial charge in [-0.15, -0.1) is 0 Å². The number of hydrogen-bond acceptors (Lipinski definition) is 4. The zero-order chi connectivity index (χ0) is 16.2. The summed E-state index contributed by atoms with van der Waals surface area (Å²) >= 11 is 0. The van der Waals surface area contributed by atoms with E-state index >= 15 is 0 Å². The number of fused-ring (bicyclic) bond motifs is 1. The van der Waals surface area contributed by atoms with E-state index in [-0.39, 0.29) is 5.75 Å². The largest absolute Gasteiger partial charge is 0.504 e. The lowest BCUT2D eigenvalue weighted by atomic mass is 10.1. The molecule has 0 atom stereocenters. The highest BCUT2D eigenvalue weighted by Gasteiger charge is 2.06. The molecule has 1 N–H and O–H groups in total. The zero-order valence-corrected chi connectivity index (χ0v) is 12.5. The number of aromatic hydroxyl groups is 1. The lowest BCUT2D eigenvalue weighted by molar-refractivity contribution is 0.373. The van der Waals surface area contributed by atoms with E-state index in [4.69, 9.17) is 4.74 Å². The Kier molecular flexibility index (Phi) is 3.94. The first-order valence-electron chi connectivity index (χ1n) is 7.06. The number of pyridine rings is 1. The molecule has 2 aromatic carbocycles. The third kappa shape index (κ3) is 2.99. The van der Waals surface area contributed by atoms with Gasteiger partial charge in [-0.3, -0.25) is 0 Å². The van der Waals surface area contributed by atoms with Crippen molar-refractivity contribution in [1.82, 2.24) is 4.98 Å². The molecule has 112 valence electrons. The number of methoxy groups -OCH3 is 1. The zero-order valence-electron chi connectivity index (χ0n) is 12.5. The van der Waals surface area contributed by atoms with Gasteiger partial charge in [-0.05, 0) is 35.9 Å². The van der Waals surface area contributed by atoms with Gasteiger partial charge in [-0.25, -0.2) is 4.98 Å². The molecule has 1 heterocycles. The Hall–Kier alpha value is -3.32. The number of nitriles is 1. The van der Waals surface area contributed by atoms with Crippen LogP contribution in [0.15, 0.2) is 54.6 Å². The summed E-state index contributed by atoms with van der Waals surface area (Å²) in [6.07, 6.45) is 1.69. The third-order valence-electron chi connectivity index (χ3n) is 3.51. The van der Waals surface area contributed by atoms with Crippen LogP contribution in [-0.4, -0.2) is 17.2 Å². The van der Waals surface area contributed by atoms with Gasteiger partial charge in [-0.2, -0.15) is 5.26 Å². The number of benzene rings is 2. The highest BCUT2D eigenvalue weighted by molar-refractivity contribution is 5.91. The van der Waals surface area contributed by atoms with Crippen LogP contribution in [0, 0.1) is 11.3 Å². The summed E-state index contributed by atoms with van der Waals surface area (Å²) in [5.74, 6) is 0.425. The van der Waals surface area contributed by atoms with Crippen LogP contribution >= 0.6 is 0 Å². The molecule has 0 unspecified atom stereocenters. The lowest BCUT2D eigenvalue weighted by Gasteiger charge is -2.05. The van der Waals surface area contributed by atoms with Crippen molar-refractivity contribution < 1.29 is 9.84 Å². The molecule has 0 radical (unpaired) electrons. The van der Waals surface area contributed by atoms with Gasteiger partial charge < -0.3 is 9.84 Å². The highest BCUT2D eigenvalue weighted by atomic mass is 16.5. The predicted molar refractivity (Wildman–Crippen MR) is 89.9 cm³/mol. The van der Waals surface area contributed by atoms with Crippen molar-refractivity contribution in [3.8, 4) is 17.6 Å². The van der Waals surface area contributed by atoms with Crippen LogP contribution in [0.3, 0.4) is 0 Å². The van der Waals surface area contributed by atoms with E-state index in [1.807, 2.05) is 36.4 Å². The lowest BCUT2D eigenvalue weighted by Crippen LogP contribution is -1.89. The summed E-state index contributed by atoms with van der Waals surface area (Å²) in [6.45, 7) is 0. The minimum Gasteiger partial charge on any atom is -0.504 e. The van der Waals surface area contributed by atoms with Gasteiger partial charge in [-0.1, -0.05) is 30.3 Å². The number of rotatable bonds is 3. The Morgan fingerprint density at radius 1 is 1.17 bits per heavy atom. The van der Waals surface area contributed by atoms with Crippen LogP contribution in [0.25, 0.3) is 22.6 Å². The van der Waals surface area contributed by atoms with Crippen molar-refractivity contribution in [2.24, 2.45) is 0 Å². The van der Waals surface area contributed by atoms with Crippen molar-refractivity contribution >= 4 is 22.6 Å². The van der Waals surface area contributed by atoms with Gasteiger partial charge in [0.1, 0.15) is 6.07 Å². The maximum atomic E-state index is 9.84. The second-order valence-electron chi connectivity index (χ2n) is 4.99. The standard InChI is InChI=1S/C19H14N2O2/c1-23-19-9-6-13(11-18(19)22)10-15(12-20)17-8-7-14-4-2-3-5-16(14)21-17/h2-11,22H,1H3. The molecule has 0 spiro atoms. The molecular formula is C19H14N2O2. The van der Waals surface area contributed by atoms with Gasteiger partial charge >= 0.3 is 0 Å². The summed E-state index contributed by atoms with van der Waals surface area (Å²) in [4.78, 5) is 4.52. The number of para-hydroxylation sites is 1. The number of hydrogen-bond donors (Lipinski definition) is 1. The van der Waals surface area contributed by atoms with Crippen molar-refractivity contribution in [1.29, 1.82) is 5.26 Å². The van der Waals surface area contributed by atoms with Crippen LogP contribution in [0.5, 0.6) is 11.5 Å². The van der Waals surface area contributed by atoms with Crippen LogP contribution in [0.4, 0.5) is 0 Å². The SMILES string of the molecule is COc1ccc(C=C(C#N)c2ccc3ccccc3n2)cc1O. The topological polar surface area (TPSA) is 66.1 Å². The number of ether oxygens (including phenoxy) is 1. The summed E-state index contributed by atoms with van der Waals surface area (Å²) < 4.78 is 5.02. The Bertz CT molecular complexity index is 939. The molecular weight excluding hydrogens is 288 g/mol. The maximum absolute atomic E-state index is 9.84. The fourth-order valence-electron chi connectivity index (χ4n) is 2.34. The van der Waals surface area contributed by atoms with Crippen molar-refractivity contribution in [2.45, 2.75) is 0 Å². The fraction of sp³-hybridized carbons (Fsp3) is 0.0526. The van der Waals surface area contributed by atoms with E-state index < -0.39 is 0 Å². The minimum atomic E-state index is 0.0324. The Balaban J connectivity index is 2.04. The van der Waals surface area contributed by atoms with Gasteiger partial charge in [0, 0.05) is 5.39 Å². The Morgan fingerprint density at radius 3 is 2.74 bits per heavy atom. The molecule has 23 heavy (non-hydrogen) atoms. The third-order valence-corrected chi connectivity index (χ3v) is 3.51. The quantitative estimate of drug-likeness (QED) is 0.742. The number of phenols is 1. The van der Waals surface area contributed by atoms with Crippen LogP contribution < -0.4 is 4.74 Å². The number of aromatic nitrogens is 1. The second kappa shape index (κ2) is 6.20. The van der Waals surface area contributed by atoms with Crippen LogP contribution in [-0.2, 0) is 0 Å². The Labute approximate surface area is 133 Å². The average molecular weight is 302 g/mol. The molecule has 4 nitrogen and oxygen atoms in total. The van der Waals surface area contributed by atoms with Gasteiger partial charge in [0.2, 0.25) is 0 Å². The van der Waals surface area contributed by atoms with Crippen LogP contribution in [0.1, 0.15) is 11.3 Å². The van der Waals surface area contributed by atoms with Gasteiger partial charge in [0.15, 0.2) is 11.5 Å². The van der Waals surface area contributed by atoms with E-state index in [0.29, 0.717) is 22.6 Å². The van der Waals surface area contributed by atoms with Crippen molar-refractivity contribution in [3.05, 3.63) is 65.9 Å². The summed E-state index contributed by atoms with van der Waals surface area (Å²) in [7, 11) is 1.49. The number of nitrogens with zero attached hydrogens (tertiary/aromatic N) is 2. The molecule has 4 heteroatoms. The van der Waals surface area contributed by atoms with Crippen molar-refractivity contribution in [3.63, 3.8) is 0 Å². The first-order chi connectivity index (χ1) is 11.2. The molecule has 0 aliphatic heterocycles. The van der Waals surface area contributed by atoms with E-state index in [9.17, 15) is 10.4 Å². The molecule has 0 saturated carbocycles. The second-order valence-corrected chi connectivity index (χ2v) is 4.99.